The highest BCUT2D eigenvalue weighted by Crippen LogP contribution is 2.27. The summed E-state index contributed by atoms with van der Waals surface area (Å²) in [5, 5.41) is 32.3. The fraction of sp³-hybridized carbons (Fsp3) is 0.208. The first-order valence-corrected chi connectivity index (χ1v) is 12.5. The van der Waals surface area contributed by atoms with Gasteiger partial charge in [0, 0.05) is 50.4 Å². The molecule has 0 saturated heterocycles. The van der Waals surface area contributed by atoms with Gasteiger partial charge in [-0.05, 0) is 29.3 Å². The minimum Gasteiger partial charge on any atom is -0.628 e. The van der Waals surface area contributed by atoms with Gasteiger partial charge in [0.25, 0.3) is 0 Å². The fourth-order valence-corrected chi connectivity index (χ4v) is 5.40. The first-order chi connectivity index (χ1) is 17.5. The lowest BCUT2D eigenvalue weighted by atomic mass is 10.1. The van der Waals surface area contributed by atoms with Gasteiger partial charge in [-0.2, -0.15) is 5.10 Å². The second-order valence-electron chi connectivity index (χ2n) is 8.26. The van der Waals surface area contributed by atoms with E-state index >= 15 is 0 Å². The molecule has 1 amide bonds. The summed E-state index contributed by atoms with van der Waals surface area (Å²) >= 11 is 0. The lowest BCUT2D eigenvalue weighted by Gasteiger charge is -2.28. The Kier molecular flexibility index (Phi) is 7.02. The zero-order chi connectivity index (χ0) is 25.1. The number of anilines is 1. The van der Waals surface area contributed by atoms with Crippen LogP contribution in [0.5, 0.6) is 0 Å². The molecule has 1 atom stereocenters. The quantitative estimate of drug-likeness (QED) is 0.356. The third-order valence-electron chi connectivity index (χ3n) is 5.84. The summed E-state index contributed by atoms with van der Waals surface area (Å²) in [6.07, 6.45) is 3.66. The molecule has 36 heavy (non-hydrogen) atoms. The predicted octanol–water partition coefficient (Wildman–Crippen LogP) is 1.36. The molecule has 1 aliphatic heterocycles. The highest BCUT2D eigenvalue weighted by atomic mass is 32.2. The lowest BCUT2D eigenvalue weighted by Crippen LogP contribution is -2.96. The van der Waals surface area contributed by atoms with Crippen molar-refractivity contribution < 1.29 is 14.2 Å². The largest absolute Gasteiger partial charge is 0.628 e. The first kappa shape index (κ1) is 24.0. The van der Waals surface area contributed by atoms with Crippen molar-refractivity contribution in [2.24, 2.45) is 0 Å². The highest BCUT2D eigenvalue weighted by molar-refractivity contribution is 7.82. The number of fused-ring (bicyclic) bond motifs is 4. The SMILES string of the molecule is O=C1CCN(S(=O)c2ccccc2[NH+]([O-])[O-])Cc2cccc(c2)-c2cnn3ccc(nc23)NCCN1. The van der Waals surface area contributed by atoms with Gasteiger partial charge in [-0.25, -0.2) is 18.0 Å². The smallest absolute Gasteiger partial charge is 0.221 e. The topological polar surface area (TPSA) is 142 Å². The third kappa shape index (κ3) is 5.12. The van der Waals surface area contributed by atoms with Crippen molar-refractivity contribution >= 4 is 34.0 Å². The number of aromatic nitrogens is 3. The summed E-state index contributed by atoms with van der Waals surface area (Å²) in [5.41, 5.74) is 3.11. The van der Waals surface area contributed by atoms with Crippen LogP contribution < -0.4 is 15.9 Å². The van der Waals surface area contributed by atoms with E-state index in [-0.39, 0.29) is 36.0 Å². The Balaban J connectivity index is 1.54. The predicted molar refractivity (Wildman–Crippen MR) is 135 cm³/mol. The number of nitrogens with zero attached hydrogens (tertiary/aromatic N) is 4. The van der Waals surface area contributed by atoms with Gasteiger partial charge < -0.3 is 26.3 Å². The van der Waals surface area contributed by atoms with Gasteiger partial charge in [-0.15, -0.1) is 0 Å². The van der Waals surface area contributed by atoms with Crippen molar-refractivity contribution in [1.82, 2.24) is 24.2 Å². The van der Waals surface area contributed by atoms with E-state index in [1.54, 1.807) is 27.2 Å². The summed E-state index contributed by atoms with van der Waals surface area (Å²) in [7, 11) is -1.84. The second kappa shape index (κ2) is 10.5. The van der Waals surface area contributed by atoms with Gasteiger partial charge >= 0.3 is 0 Å². The van der Waals surface area contributed by atoms with Gasteiger partial charge in [0.05, 0.1) is 6.20 Å². The standard InChI is InChI=1S/C24H24N7O4S/c32-23-9-12-29(36(35)21-7-2-1-6-20(21)31(33)34)16-17-4-3-5-18(14-17)19-15-27-30-13-8-22(28-24(19)30)25-10-11-26-23/h1-8,13-15,31H,9-12,16H2,(H,25,28)(H,26,32)/q-1. The van der Waals surface area contributed by atoms with Crippen molar-refractivity contribution in [2.75, 3.05) is 25.0 Å². The van der Waals surface area contributed by atoms with Crippen LogP contribution >= 0.6 is 0 Å². The molecule has 12 heteroatoms. The molecule has 186 valence electrons. The molecule has 4 aromatic rings. The van der Waals surface area contributed by atoms with Crippen molar-refractivity contribution in [1.29, 1.82) is 0 Å². The molecule has 0 radical (unpaired) electrons. The Labute approximate surface area is 209 Å². The molecule has 0 spiro atoms. The van der Waals surface area contributed by atoms with Crippen LogP contribution in [-0.4, -0.2) is 48.7 Å². The summed E-state index contributed by atoms with van der Waals surface area (Å²) < 4.78 is 16.9. The number of rotatable bonds is 3. The molecule has 2 aromatic carbocycles. The number of carbonyl (C=O) groups excluding carboxylic acids is 1. The minimum atomic E-state index is -1.84. The molecular weight excluding hydrogens is 482 g/mol. The van der Waals surface area contributed by atoms with E-state index in [2.05, 4.69) is 20.7 Å². The highest BCUT2D eigenvalue weighted by Gasteiger charge is 2.22. The van der Waals surface area contributed by atoms with Crippen LogP contribution in [0.1, 0.15) is 12.0 Å². The van der Waals surface area contributed by atoms with Gasteiger partial charge in [-0.1, -0.05) is 30.3 Å². The average molecular weight is 507 g/mol. The van der Waals surface area contributed by atoms with Crippen LogP contribution in [0.25, 0.3) is 16.8 Å². The van der Waals surface area contributed by atoms with Crippen molar-refractivity contribution in [3.05, 3.63) is 83.0 Å². The molecule has 3 N–H and O–H groups in total. The fourth-order valence-electron chi connectivity index (χ4n) is 4.07. The van der Waals surface area contributed by atoms with Crippen LogP contribution in [0, 0.1) is 10.4 Å². The summed E-state index contributed by atoms with van der Waals surface area (Å²) in [5.74, 6) is 0.476. The molecule has 11 nitrogen and oxygen atoms in total. The second-order valence-corrected chi connectivity index (χ2v) is 9.72. The molecule has 0 fully saturated rings. The monoisotopic (exact) mass is 506 g/mol. The van der Waals surface area contributed by atoms with Crippen molar-refractivity contribution in [3.8, 4) is 11.1 Å². The number of benzene rings is 2. The maximum Gasteiger partial charge on any atom is 0.221 e. The van der Waals surface area contributed by atoms with Crippen LogP contribution in [-0.2, 0) is 22.3 Å². The van der Waals surface area contributed by atoms with Crippen LogP contribution in [0.4, 0.5) is 11.5 Å². The van der Waals surface area contributed by atoms with E-state index in [1.165, 1.54) is 12.1 Å². The Hall–Kier alpha value is -3.68. The zero-order valence-electron chi connectivity index (χ0n) is 19.2. The number of carbonyl (C=O) groups is 1. The summed E-state index contributed by atoms with van der Waals surface area (Å²) in [4.78, 5) is 17.3. The summed E-state index contributed by atoms with van der Waals surface area (Å²) in [6, 6.07) is 15.6. The van der Waals surface area contributed by atoms with E-state index in [0.29, 0.717) is 24.6 Å². The van der Waals surface area contributed by atoms with E-state index in [1.807, 2.05) is 36.5 Å². The molecule has 4 bridgehead atoms. The number of amides is 1. The molecular formula is C24H24N7O4S-. The molecule has 3 heterocycles. The normalized spacial score (nSPS) is 16.1. The molecule has 0 saturated carbocycles. The van der Waals surface area contributed by atoms with Crippen molar-refractivity contribution in [2.45, 2.75) is 17.9 Å². The van der Waals surface area contributed by atoms with E-state index in [9.17, 15) is 19.4 Å². The average Bonchev–Trinajstić information content (AvgIpc) is 3.31. The Morgan fingerprint density at radius 3 is 2.72 bits per heavy atom. The maximum absolute atomic E-state index is 13.6. The van der Waals surface area contributed by atoms with Crippen molar-refractivity contribution in [3.63, 3.8) is 0 Å². The Morgan fingerprint density at radius 1 is 1.03 bits per heavy atom. The van der Waals surface area contributed by atoms with Crippen LogP contribution in [0.3, 0.4) is 0 Å². The minimum absolute atomic E-state index is 0.0939. The van der Waals surface area contributed by atoms with E-state index in [0.717, 1.165) is 16.7 Å². The number of hydrogen-bond acceptors (Lipinski definition) is 7. The number of hydrogen-bond donors (Lipinski definition) is 3. The Morgan fingerprint density at radius 2 is 1.86 bits per heavy atom. The zero-order valence-corrected chi connectivity index (χ0v) is 20.0. The molecule has 1 unspecified atom stereocenters. The number of nitrogens with one attached hydrogen (secondary N) is 3. The lowest BCUT2D eigenvalue weighted by molar-refractivity contribution is -0.717. The van der Waals surface area contributed by atoms with Gasteiger partial charge in [0.15, 0.2) is 5.65 Å². The molecule has 0 aliphatic carbocycles. The van der Waals surface area contributed by atoms with Crippen LogP contribution in [0.2, 0.25) is 0 Å². The maximum atomic E-state index is 13.6. The number of quaternary nitrogens is 1. The Bertz CT molecular complexity index is 1420. The summed E-state index contributed by atoms with van der Waals surface area (Å²) in [6.45, 7) is 1.25. The van der Waals surface area contributed by atoms with Gasteiger partial charge in [-0.3, -0.25) is 4.79 Å². The van der Waals surface area contributed by atoms with Gasteiger partial charge in [0.1, 0.15) is 27.4 Å². The molecule has 1 aliphatic rings. The van der Waals surface area contributed by atoms with Crippen LogP contribution in [0.15, 0.2) is 71.9 Å². The molecule has 5 rings (SSSR count). The first-order valence-electron chi connectivity index (χ1n) is 11.4. The van der Waals surface area contributed by atoms with E-state index in [4.69, 9.17) is 0 Å². The van der Waals surface area contributed by atoms with E-state index < -0.39 is 16.2 Å². The third-order valence-corrected chi connectivity index (χ3v) is 7.35. The van der Waals surface area contributed by atoms with Gasteiger partial charge in [0.2, 0.25) is 5.91 Å². The molecule has 2 aromatic heterocycles.